The first-order chi connectivity index (χ1) is 15.2. The van der Waals surface area contributed by atoms with Crippen LogP contribution in [0.2, 0.25) is 0 Å². The van der Waals surface area contributed by atoms with Crippen LogP contribution in [0.5, 0.6) is 0 Å². The average molecular weight is 466 g/mol. The van der Waals surface area contributed by atoms with Crippen LogP contribution in [-0.4, -0.2) is 75.4 Å². The maximum absolute atomic E-state index is 12.5. The number of aromatic amines is 1. The van der Waals surface area contributed by atoms with Crippen LogP contribution >= 0.6 is 12.6 Å². The number of aliphatic carboxylic acids is 1. The number of rotatable bonds is 11. The fraction of sp³-hybridized carbons (Fsp3) is 0.400. The third-order valence-electron chi connectivity index (χ3n) is 4.81. The number of amides is 3. The molecule has 174 valence electrons. The standard InChI is InChI=1S/C20H27N5O6S/c1-10(20(30)31)23-19(29)16(9-32)25-18(28)15(8-26)24-17(27)13(21)6-11-7-22-14-5-3-2-4-12(11)14/h2-5,7,10,13,15-16,22,26,32H,6,8-9,21H2,1H3,(H,23,29)(H,24,27)(H,25,28)(H,30,31). The van der Waals surface area contributed by atoms with Crippen LogP contribution in [0.4, 0.5) is 0 Å². The summed E-state index contributed by atoms with van der Waals surface area (Å²) in [5.41, 5.74) is 7.72. The number of H-pyrrole nitrogens is 1. The van der Waals surface area contributed by atoms with Gasteiger partial charge in [-0.25, -0.2) is 0 Å². The Bertz CT molecular complexity index is 980. The lowest BCUT2D eigenvalue weighted by molar-refractivity contribution is -0.141. The van der Waals surface area contributed by atoms with Crippen molar-refractivity contribution in [3.05, 3.63) is 36.0 Å². The predicted octanol–water partition coefficient (Wildman–Crippen LogP) is -1.48. The number of aliphatic hydroxyl groups is 1. The maximum atomic E-state index is 12.5. The first kappa shape index (κ1) is 25.2. The number of hydrogen-bond donors (Lipinski definition) is 8. The molecule has 0 fully saturated rings. The van der Waals surface area contributed by atoms with E-state index >= 15 is 0 Å². The molecule has 1 aromatic carbocycles. The number of nitrogens with one attached hydrogen (secondary N) is 4. The van der Waals surface area contributed by atoms with Crippen molar-refractivity contribution < 1.29 is 29.4 Å². The summed E-state index contributed by atoms with van der Waals surface area (Å²) in [6.45, 7) is 0.535. The Morgan fingerprint density at radius 3 is 2.31 bits per heavy atom. The minimum atomic E-state index is -1.36. The molecular weight excluding hydrogens is 438 g/mol. The lowest BCUT2D eigenvalue weighted by Crippen LogP contribution is -2.58. The Hall–Kier alpha value is -3.09. The van der Waals surface area contributed by atoms with Gasteiger partial charge in [0.1, 0.15) is 18.1 Å². The monoisotopic (exact) mass is 465 g/mol. The van der Waals surface area contributed by atoms with Gasteiger partial charge in [-0.2, -0.15) is 12.6 Å². The number of hydrogen-bond acceptors (Lipinski definition) is 7. The first-order valence-corrected chi connectivity index (χ1v) is 10.5. The van der Waals surface area contributed by atoms with Gasteiger partial charge in [-0.1, -0.05) is 18.2 Å². The molecular formula is C20H27N5O6S. The smallest absolute Gasteiger partial charge is 0.325 e. The molecule has 4 unspecified atom stereocenters. The topological polar surface area (TPSA) is 187 Å². The predicted molar refractivity (Wildman–Crippen MR) is 120 cm³/mol. The Labute approximate surface area is 189 Å². The number of para-hydroxylation sites is 1. The van der Waals surface area contributed by atoms with Gasteiger partial charge in [-0.15, -0.1) is 0 Å². The second-order valence-corrected chi connectivity index (χ2v) is 7.59. The molecule has 12 heteroatoms. The zero-order valence-electron chi connectivity index (χ0n) is 17.4. The number of benzene rings is 1. The third-order valence-corrected chi connectivity index (χ3v) is 5.18. The molecule has 3 amide bonds. The maximum Gasteiger partial charge on any atom is 0.325 e. The zero-order valence-corrected chi connectivity index (χ0v) is 18.3. The van der Waals surface area contributed by atoms with Crippen LogP contribution in [0.3, 0.4) is 0 Å². The molecule has 0 aliphatic heterocycles. The van der Waals surface area contributed by atoms with Gasteiger partial charge >= 0.3 is 5.97 Å². The molecule has 32 heavy (non-hydrogen) atoms. The van der Waals surface area contributed by atoms with E-state index in [-0.39, 0.29) is 12.2 Å². The molecule has 11 nitrogen and oxygen atoms in total. The highest BCUT2D eigenvalue weighted by molar-refractivity contribution is 7.80. The van der Waals surface area contributed by atoms with Gasteiger partial charge in [0.15, 0.2) is 0 Å². The van der Waals surface area contributed by atoms with Crippen LogP contribution in [0.15, 0.2) is 30.5 Å². The lowest BCUT2D eigenvalue weighted by atomic mass is 10.0. The Kier molecular flexibility index (Phi) is 9.05. The summed E-state index contributed by atoms with van der Waals surface area (Å²) in [7, 11) is 0. The van der Waals surface area contributed by atoms with E-state index < -0.39 is 54.5 Å². The molecule has 2 aromatic rings. The fourth-order valence-electron chi connectivity index (χ4n) is 2.95. The van der Waals surface area contributed by atoms with Crippen molar-refractivity contribution in [3.8, 4) is 0 Å². The van der Waals surface area contributed by atoms with E-state index in [1.54, 1.807) is 6.20 Å². The molecule has 0 radical (unpaired) electrons. The van der Waals surface area contributed by atoms with Crippen LogP contribution in [0.25, 0.3) is 10.9 Å². The van der Waals surface area contributed by atoms with Gasteiger partial charge in [0.25, 0.3) is 0 Å². The molecule has 2 rings (SSSR count). The van der Waals surface area contributed by atoms with Gasteiger partial charge in [0.2, 0.25) is 17.7 Å². The number of aliphatic hydroxyl groups excluding tert-OH is 1. The summed E-state index contributed by atoms with van der Waals surface area (Å²) in [5, 5.41) is 26.3. The van der Waals surface area contributed by atoms with Crippen LogP contribution in [-0.2, 0) is 25.6 Å². The number of carboxylic acid groups (broad SMARTS) is 1. The Morgan fingerprint density at radius 2 is 1.69 bits per heavy atom. The average Bonchev–Trinajstić information content (AvgIpc) is 3.17. The summed E-state index contributed by atoms with van der Waals surface area (Å²) in [4.78, 5) is 51.1. The van der Waals surface area contributed by atoms with Gasteiger partial charge in [-0.05, 0) is 25.0 Å². The molecule has 1 aromatic heterocycles. The number of aromatic nitrogens is 1. The number of nitrogens with two attached hydrogens (primary N) is 1. The molecule has 0 saturated heterocycles. The molecule has 1 heterocycles. The van der Waals surface area contributed by atoms with Crippen molar-refractivity contribution in [2.24, 2.45) is 5.73 Å². The van der Waals surface area contributed by atoms with Gasteiger partial charge in [0, 0.05) is 22.9 Å². The first-order valence-electron chi connectivity index (χ1n) is 9.84. The van der Waals surface area contributed by atoms with E-state index in [2.05, 4.69) is 33.6 Å². The summed E-state index contributed by atoms with van der Waals surface area (Å²) in [5.74, 6) is -3.63. The number of carbonyl (C=O) groups is 4. The van der Waals surface area contributed by atoms with Crippen LogP contribution in [0, 0.1) is 0 Å². The van der Waals surface area contributed by atoms with Crippen LogP contribution < -0.4 is 21.7 Å². The number of fused-ring (bicyclic) bond motifs is 1. The fourth-order valence-corrected chi connectivity index (χ4v) is 3.20. The minimum Gasteiger partial charge on any atom is -0.480 e. The molecule has 4 atom stereocenters. The summed E-state index contributed by atoms with van der Waals surface area (Å²) >= 11 is 3.99. The Balaban J connectivity index is 1.96. The van der Waals surface area contributed by atoms with Crippen molar-refractivity contribution in [2.45, 2.75) is 37.5 Å². The van der Waals surface area contributed by atoms with E-state index in [0.717, 1.165) is 16.5 Å². The van der Waals surface area contributed by atoms with Crippen molar-refractivity contribution in [1.29, 1.82) is 0 Å². The number of carboxylic acids is 1. The van der Waals surface area contributed by atoms with E-state index in [4.69, 9.17) is 10.8 Å². The van der Waals surface area contributed by atoms with E-state index in [1.165, 1.54) is 6.92 Å². The largest absolute Gasteiger partial charge is 0.480 e. The quantitative estimate of drug-likeness (QED) is 0.186. The lowest BCUT2D eigenvalue weighted by Gasteiger charge is -2.22. The number of thiol groups is 1. The second-order valence-electron chi connectivity index (χ2n) is 7.23. The highest BCUT2D eigenvalue weighted by Crippen LogP contribution is 2.18. The second kappa shape index (κ2) is 11.5. The van der Waals surface area contributed by atoms with Crippen LogP contribution in [0.1, 0.15) is 12.5 Å². The zero-order chi connectivity index (χ0) is 23.8. The molecule has 0 bridgehead atoms. The molecule has 0 aliphatic carbocycles. The van der Waals surface area contributed by atoms with Crippen molar-refractivity contribution in [2.75, 3.05) is 12.4 Å². The van der Waals surface area contributed by atoms with E-state index in [0.29, 0.717) is 0 Å². The van der Waals surface area contributed by atoms with E-state index in [9.17, 15) is 24.3 Å². The number of carbonyl (C=O) groups excluding carboxylic acids is 3. The minimum absolute atomic E-state index is 0.129. The van der Waals surface area contributed by atoms with Gasteiger partial charge in [0.05, 0.1) is 12.6 Å². The summed E-state index contributed by atoms with van der Waals surface area (Å²) in [6.07, 6.45) is 1.95. The van der Waals surface area contributed by atoms with Crippen molar-refractivity contribution in [3.63, 3.8) is 0 Å². The normalized spacial score (nSPS) is 14.8. The summed E-state index contributed by atoms with van der Waals surface area (Å²) in [6, 6.07) is 2.84. The Morgan fingerprint density at radius 1 is 1.06 bits per heavy atom. The summed E-state index contributed by atoms with van der Waals surface area (Å²) < 4.78 is 0. The third kappa shape index (κ3) is 6.45. The highest BCUT2D eigenvalue weighted by atomic mass is 32.1. The molecule has 0 aliphatic rings. The van der Waals surface area contributed by atoms with E-state index in [1.807, 2.05) is 24.3 Å². The van der Waals surface area contributed by atoms with Crippen molar-refractivity contribution >= 4 is 47.2 Å². The SMILES string of the molecule is CC(NC(=O)C(CS)NC(=O)C(CO)NC(=O)C(N)Cc1c[nH]c2ccccc12)C(=O)O. The van der Waals surface area contributed by atoms with Gasteiger partial charge in [-0.3, -0.25) is 19.2 Å². The highest BCUT2D eigenvalue weighted by Gasteiger charge is 2.28. The molecule has 0 spiro atoms. The molecule has 8 N–H and O–H groups in total. The van der Waals surface area contributed by atoms with Gasteiger partial charge < -0.3 is 36.9 Å². The molecule has 0 saturated carbocycles. The van der Waals surface area contributed by atoms with Crippen molar-refractivity contribution in [1.82, 2.24) is 20.9 Å².